The molecule has 0 radical (unpaired) electrons. The standard InChI is InChI=1S/C13H27N/c1-4-11(5-2)12-9-7-6-8-10-13(12)14-3/h11-14H,4-10H2,1-3H3. The Labute approximate surface area is 89.7 Å². The molecule has 0 aromatic heterocycles. The van der Waals surface area contributed by atoms with E-state index < -0.39 is 0 Å². The first-order valence-corrected chi connectivity index (χ1v) is 6.50. The first kappa shape index (κ1) is 12.0. The minimum absolute atomic E-state index is 0.794. The highest BCUT2D eigenvalue weighted by atomic mass is 14.9. The van der Waals surface area contributed by atoms with E-state index in [1.54, 1.807) is 0 Å². The Morgan fingerprint density at radius 2 is 1.71 bits per heavy atom. The van der Waals surface area contributed by atoms with Gasteiger partial charge in [0.05, 0.1) is 0 Å². The van der Waals surface area contributed by atoms with Crippen LogP contribution in [0, 0.1) is 11.8 Å². The molecule has 1 heteroatoms. The van der Waals surface area contributed by atoms with Crippen LogP contribution >= 0.6 is 0 Å². The van der Waals surface area contributed by atoms with Crippen LogP contribution in [0.25, 0.3) is 0 Å². The summed E-state index contributed by atoms with van der Waals surface area (Å²) in [5, 5.41) is 3.54. The summed E-state index contributed by atoms with van der Waals surface area (Å²) in [7, 11) is 2.14. The minimum Gasteiger partial charge on any atom is -0.317 e. The molecule has 1 fully saturated rings. The van der Waals surface area contributed by atoms with Crippen LogP contribution in [0.1, 0.15) is 58.8 Å². The zero-order chi connectivity index (χ0) is 10.4. The number of hydrogen-bond acceptors (Lipinski definition) is 1. The third-order valence-electron chi connectivity index (χ3n) is 4.09. The van der Waals surface area contributed by atoms with Crippen LogP contribution in [-0.2, 0) is 0 Å². The Morgan fingerprint density at radius 3 is 2.29 bits per heavy atom. The Bertz CT molecular complexity index is 140. The Hall–Kier alpha value is -0.0400. The molecule has 0 heterocycles. The fourth-order valence-corrected chi connectivity index (χ4v) is 3.15. The highest BCUT2D eigenvalue weighted by Gasteiger charge is 2.27. The molecule has 0 aromatic rings. The molecule has 1 aliphatic carbocycles. The molecule has 1 nitrogen and oxygen atoms in total. The van der Waals surface area contributed by atoms with E-state index >= 15 is 0 Å². The highest BCUT2D eigenvalue weighted by Crippen LogP contribution is 2.32. The van der Waals surface area contributed by atoms with Crippen molar-refractivity contribution in [3.63, 3.8) is 0 Å². The van der Waals surface area contributed by atoms with Crippen LogP contribution in [0.15, 0.2) is 0 Å². The smallest absolute Gasteiger partial charge is 0.00949 e. The van der Waals surface area contributed by atoms with E-state index in [2.05, 4.69) is 26.2 Å². The molecule has 0 aromatic carbocycles. The maximum Gasteiger partial charge on any atom is 0.00949 e. The molecule has 0 aliphatic heterocycles. The van der Waals surface area contributed by atoms with E-state index in [-0.39, 0.29) is 0 Å². The molecule has 14 heavy (non-hydrogen) atoms. The van der Waals surface area contributed by atoms with Crippen LogP contribution in [0.5, 0.6) is 0 Å². The maximum atomic E-state index is 3.54. The fraction of sp³-hybridized carbons (Fsp3) is 1.00. The molecular weight excluding hydrogens is 170 g/mol. The summed E-state index contributed by atoms with van der Waals surface area (Å²) < 4.78 is 0. The largest absolute Gasteiger partial charge is 0.317 e. The van der Waals surface area contributed by atoms with Gasteiger partial charge >= 0.3 is 0 Å². The summed E-state index contributed by atoms with van der Waals surface area (Å²) in [5.41, 5.74) is 0. The third kappa shape index (κ3) is 2.98. The highest BCUT2D eigenvalue weighted by molar-refractivity contribution is 4.82. The van der Waals surface area contributed by atoms with Gasteiger partial charge in [-0.15, -0.1) is 0 Å². The topological polar surface area (TPSA) is 12.0 Å². The molecule has 1 saturated carbocycles. The predicted molar refractivity (Wildman–Crippen MR) is 63.5 cm³/mol. The van der Waals surface area contributed by atoms with Crippen molar-refractivity contribution in [1.82, 2.24) is 5.32 Å². The maximum absolute atomic E-state index is 3.54. The second kappa shape index (κ2) is 6.44. The summed E-state index contributed by atoms with van der Waals surface area (Å²) in [5.74, 6) is 1.89. The fourth-order valence-electron chi connectivity index (χ4n) is 3.15. The molecule has 84 valence electrons. The van der Waals surface area contributed by atoms with Gasteiger partial charge in [0.15, 0.2) is 0 Å². The van der Waals surface area contributed by atoms with Crippen molar-refractivity contribution in [2.45, 2.75) is 64.8 Å². The van der Waals surface area contributed by atoms with Crippen molar-refractivity contribution in [1.29, 1.82) is 0 Å². The summed E-state index contributed by atoms with van der Waals surface area (Å²) in [6, 6.07) is 0.794. The van der Waals surface area contributed by atoms with E-state index in [0.29, 0.717) is 0 Å². The third-order valence-corrected chi connectivity index (χ3v) is 4.09. The van der Waals surface area contributed by atoms with E-state index in [1.165, 1.54) is 44.9 Å². The van der Waals surface area contributed by atoms with E-state index in [9.17, 15) is 0 Å². The van der Waals surface area contributed by atoms with E-state index in [4.69, 9.17) is 0 Å². The average Bonchev–Trinajstić information content (AvgIpc) is 2.45. The van der Waals surface area contributed by atoms with Crippen LogP contribution in [0.4, 0.5) is 0 Å². The van der Waals surface area contributed by atoms with Gasteiger partial charge in [0, 0.05) is 6.04 Å². The van der Waals surface area contributed by atoms with Crippen LogP contribution in [0.3, 0.4) is 0 Å². The van der Waals surface area contributed by atoms with Gasteiger partial charge in [-0.1, -0.05) is 46.0 Å². The Morgan fingerprint density at radius 1 is 1.07 bits per heavy atom. The summed E-state index contributed by atoms with van der Waals surface area (Å²) in [6.07, 6.45) is 9.92. The Balaban J connectivity index is 2.58. The summed E-state index contributed by atoms with van der Waals surface area (Å²) in [4.78, 5) is 0. The van der Waals surface area contributed by atoms with Gasteiger partial charge in [0.1, 0.15) is 0 Å². The van der Waals surface area contributed by atoms with Crippen LogP contribution in [0.2, 0.25) is 0 Å². The van der Waals surface area contributed by atoms with Gasteiger partial charge in [0.2, 0.25) is 0 Å². The van der Waals surface area contributed by atoms with Crippen LogP contribution in [-0.4, -0.2) is 13.1 Å². The quantitative estimate of drug-likeness (QED) is 0.679. The molecule has 0 spiro atoms. The van der Waals surface area contributed by atoms with Gasteiger partial charge in [-0.05, 0) is 31.7 Å². The normalized spacial score (nSPS) is 29.1. The first-order valence-electron chi connectivity index (χ1n) is 6.50. The molecule has 1 rings (SSSR count). The zero-order valence-electron chi connectivity index (χ0n) is 10.2. The molecule has 0 saturated heterocycles. The molecule has 1 aliphatic rings. The monoisotopic (exact) mass is 197 g/mol. The van der Waals surface area contributed by atoms with Crippen molar-refractivity contribution in [3.8, 4) is 0 Å². The van der Waals surface area contributed by atoms with Gasteiger partial charge < -0.3 is 5.32 Å². The molecule has 2 atom stereocenters. The summed E-state index contributed by atoms with van der Waals surface area (Å²) >= 11 is 0. The van der Waals surface area contributed by atoms with Crippen molar-refractivity contribution in [3.05, 3.63) is 0 Å². The minimum atomic E-state index is 0.794. The first-order chi connectivity index (χ1) is 6.83. The lowest BCUT2D eigenvalue weighted by Gasteiger charge is -2.31. The molecule has 2 unspecified atom stereocenters. The predicted octanol–water partition coefficient (Wildman–Crippen LogP) is 3.59. The lowest BCUT2D eigenvalue weighted by molar-refractivity contribution is 0.229. The van der Waals surface area contributed by atoms with Crippen molar-refractivity contribution >= 4 is 0 Å². The van der Waals surface area contributed by atoms with E-state index in [0.717, 1.165) is 17.9 Å². The molecular formula is C13H27N. The second-order valence-electron chi connectivity index (χ2n) is 4.77. The lowest BCUT2D eigenvalue weighted by Crippen LogP contribution is -2.36. The van der Waals surface area contributed by atoms with Crippen molar-refractivity contribution in [2.24, 2.45) is 11.8 Å². The van der Waals surface area contributed by atoms with E-state index in [1.807, 2.05) is 0 Å². The van der Waals surface area contributed by atoms with Crippen molar-refractivity contribution in [2.75, 3.05) is 7.05 Å². The Kier molecular flexibility index (Phi) is 5.54. The van der Waals surface area contributed by atoms with Gasteiger partial charge in [0.25, 0.3) is 0 Å². The van der Waals surface area contributed by atoms with Gasteiger partial charge in [-0.3, -0.25) is 0 Å². The number of hydrogen-bond donors (Lipinski definition) is 1. The number of nitrogens with one attached hydrogen (secondary N) is 1. The van der Waals surface area contributed by atoms with Crippen molar-refractivity contribution < 1.29 is 0 Å². The summed E-state index contributed by atoms with van der Waals surface area (Å²) in [6.45, 7) is 4.71. The molecule has 0 bridgehead atoms. The lowest BCUT2D eigenvalue weighted by atomic mass is 9.80. The SMILES string of the molecule is CCC(CC)C1CCCCCC1NC. The van der Waals surface area contributed by atoms with Gasteiger partial charge in [-0.25, -0.2) is 0 Å². The molecule has 1 N–H and O–H groups in total. The average molecular weight is 197 g/mol. The molecule has 0 amide bonds. The number of rotatable bonds is 4. The van der Waals surface area contributed by atoms with Gasteiger partial charge in [-0.2, -0.15) is 0 Å². The zero-order valence-corrected chi connectivity index (χ0v) is 10.2. The van der Waals surface area contributed by atoms with Crippen LogP contribution < -0.4 is 5.32 Å². The second-order valence-corrected chi connectivity index (χ2v) is 4.77.